The Hall–Kier alpha value is -2.84. The molecule has 1 aliphatic carbocycles. The van der Waals surface area contributed by atoms with Crippen LogP contribution >= 0.6 is 39.1 Å². The van der Waals surface area contributed by atoms with E-state index in [4.69, 9.17) is 27.9 Å². The molecule has 2 saturated heterocycles. The SMILES string of the molecule is O=C1[C@@H]2[C@@H](C(=O)N1c1cccc(Cl)c1Cl)C1(O[C@H]2c2ccc(Br)cc2)C(=O)c2ccccc2C1=O. The van der Waals surface area contributed by atoms with Gasteiger partial charge in [-0.2, -0.15) is 0 Å². The minimum Gasteiger partial charge on any atom is -0.349 e. The first-order valence-corrected chi connectivity index (χ1v) is 12.3. The number of Topliss-reactive ketones (excluding diaryl/α,β-unsaturated/α-hetero) is 2. The zero-order valence-electron chi connectivity index (χ0n) is 17.7. The molecule has 0 aromatic heterocycles. The molecule has 0 bridgehead atoms. The average molecular weight is 571 g/mol. The summed E-state index contributed by atoms with van der Waals surface area (Å²) in [4.78, 5) is 56.1. The minimum absolute atomic E-state index is 0.0263. The van der Waals surface area contributed by atoms with Crippen molar-refractivity contribution in [2.75, 3.05) is 4.90 Å². The van der Waals surface area contributed by atoms with Gasteiger partial charge in [-0.25, -0.2) is 4.90 Å². The summed E-state index contributed by atoms with van der Waals surface area (Å²) in [5, 5.41) is 0.191. The summed E-state index contributed by atoms with van der Waals surface area (Å²) in [6, 6.07) is 17.9. The van der Waals surface area contributed by atoms with E-state index in [1.807, 2.05) is 0 Å². The fraction of sp³-hybridized carbons (Fsp3) is 0.154. The summed E-state index contributed by atoms with van der Waals surface area (Å²) in [6.07, 6.45) is -1.00. The molecule has 35 heavy (non-hydrogen) atoms. The third-order valence-electron chi connectivity index (χ3n) is 6.89. The Bertz CT molecular complexity index is 1440. The highest BCUT2D eigenvalue weighted by atomic mass is 79.9. The number of amides is 2. The highest BCUT2D eigenvalue weighted by molar-refractivity contribution is 9.10. The smallest absolute Gasteiger partial charge is 0.241 e. The summed E-state index contributed by atoms with van der Waals surface area (Å²) in [6.45, 7) is 0. The highest BCUT2D eigenvalue weighted by Crippen LogP contribution is 2.58. The Kier molecular flexibility index (Phi) is 5.06. The summed E-state index contributed by atoms with van der Waals surface area (Å²) in [7, 11) is 0. The summed E-state index contributed by atoms with van der Waals surface area (Å²) in [5.74, 6) is -5.03. The Morgan fingerprint density at radius 3 is 2.06 bits per heavy atom. The standard InChI is InChI=1S/C26H14BrCl2NO5/c27-13-10-8-12(9-11-13)21-18-19(25(34)30(24(18)33)17-7-3-6-16(28)20(17)29)26(35-21)22(31)14-4-1-2-5-15(14)23(26)32/h1-11,18-19,21H/t18-,19+,21+/m1/s1. The normalized spacial score (nSPS) is 24.4. The Morgan fingerprint density at radius 1 is 0.800 bits per heavy atom. The van der Waals surface area contributed by atoms with E-state index in [0.29, 0.717) is 5.56 Å². The van der Waals surface area contributed by atoms with E-state index in [2.05, 4.69) is 15.9 Å². The number of fused-ring (bicyclic) bond motifs is 3. The van der Waals surface area contributed by atoms with Gasteiger partial charge in [0.1, 0.15) is 0 Å². The lowest BCUT2D eigenvalue weighted by Crippen LogP contribution is -2.51. The van der Waals surface area contributed by atoms with E-state index in [-0.39, 0.29) is 26.9 Å². The molecule has 3 atom stereocenters. The predicted octanol–water partition coefficient (Wildman–Crippen LogP) is 5.45. The van der Waals surface area contributed by atoms with Crippen LogP contribution in [0.2, 0.25) is 10.0 Å². The second kappa shape index (κ2) is 7.83. The monoisotopic (exact) mass is 569 g/mol. The number of carbonyl (C=O) groups is 4. The quantitative estimate of drug-likeness (QED) is 0.302. The zero-order valence-corrected chi connectivity index (χ0v) is 20.8. The molecule has 0 N–H and O–H groups in total. The van der Waals surface area contributed by atoms with Crippen LogP contribution < -0.4 is 4.90 Å². The molecular formula is C26H14BrCl2NO5. The maximum absolute atomic E-state index is 13.9. The maximum Gasteiger partial charge on any atom is 0.241 e. The van der Waals surface area contributed by atoms with Gasteiger partial charge in [0.15, 0.2) is 0 Å². The van der Waals surface area contributed by atoms with Crippen LogP contribution in [-0.4, -0.2) is 29.0 Å². The van der Waals surface area contributed by atoms with Gasteiger partial charge < -0.3 is 4.74 Å². The number of benzene rings is 3. The van der Waals surface area contributed by atoms with Crippen molar-refractivity contribution in [3.05, 3.63) is 97.9 Å². The molecule has 2 heterocycles. The number of ketones is 2. The molecule has 0 saturated carbocycles. The molecule has 0 radical (unpaired) electrons. The van der Waals surface area contributed by atoms with Gasteiger partial charge in [-0.05, 0) is 29.8 Å². The third-order valence-corrected chi connectivity index (χ3v) is 8.23. The number of carbonyl (C=O) groups excluding carboxylic acids is 4. The fourth-order valence-electron chi connectivity index (χ4n) is 5.37. The number of nitrogens with zero attached hydrogens (tertiary/aromatic N) is 1. The first-order valence-electron chi connectivity index (χ1n) is 10.7. The van der Waals surface area contributed by atoms with Crippen LogP contribution in [0.1, 0.15) is 32.4 Å². The summed E-state index contributed by atoms with van der Waals surface area (Å²) >= 11 is 15.9. The maximum atomic E-state index is 13.9. The molecule has 0 unspecified atom stereocenters. The predicted molar refractivity (Wildman–Crippen MR) is 132 cm³/mol. The summed E-state index contributed by atoms with van der Waals surface area (Å²) < 4.78 is 7.05. The number of rotatable bonds is 2. The van der Waals surface area contributed by atoms with Crippen LogP contribution in [0.5, 0.6) is 0 Å². The van der Waals surface area contributed by atoms with Crippen molar-refractivity contribution in [2.24, 2.45) is 11.8 Å². The van der Waals surface area contributed by atoms with Gasteiger partial charge in [0.25, 0.3) is 0 Å². The zero-order chi connectivity index (χ0) is 24.6. The van der Waals surface area contributed by atoms with E-state index in [1.54, 1.807) is 42.5 Å². The summed E-state index contributed by atoms with van der Waals surface area (Å²) in [5.41, 5.74) is -1.13. The molecule has 6 rings (SSSR count). The van der Waals surface area contributed by atoms with Crippen LogP contribution in [0.4, 0.5) is 5.69 Å². The van der Waals surface area contributed by atoms with E-state index in [0.717, 1.165) is 9.37 Å². The van der Waals surface area contributed by atoms with Gasteiger partial charge in [-0.3, -0.25) is 19.2 Å². The van der Waals surface area contributed by atoms with Crippen molar-refractivity contribution in [1.29, 1.82) is 0 Å². The minimum atomic E-state index is -2.14. The first-order chi connectivity index (χ1) is 16.8. The van der Waals surface area contributed by atoms with Gasteiger partial charge in [-0.15, -0.1) is 0 Å². The molecular weight excluding hydrogens is 557 g/mol. The highest BCUT2D eigenvalue weighted by Gasteiger charge is 2.74. The number of hydrogen-bond acceptors (Lipinski definition) is 5. The number of halogens is 3. The molecule has 6 nitrogen and oxygen atoms in total. The molecule has 2 fully saturated rings. The molecule has 3 aromatic rings. The third kappa shape index (κ3) is 2.93. The second-order valence-corrected chi connectivity index (χ2v) is 10.3. The lowest BCUT2D eigenvalue weighted by molar-refractivity contribution is -0.127. The number of anilines is 1. The van der Waals surface area contributed by atoms with Crippen LogP contribution in [0.25, 0.3) is 0 Å². The van der Waals surface area contributed by atoms with Gasteiger partial charge in [0.05, 0.1) is 33.7 Å². The molecule has 3 aromatic carbocycles. The Balaban J connectivity index is 1.56. The van der Waals surface area contributed by atoms with Crippen LogP contribution in [-0.2, 0) is 14.3 Å². The van der Waals surface area contributed by atoms with Gasteiger partial charge in [0, 0.05) is 15.6 Å². The lowest BCUT2D eigenvalue weighted by Gasteiger charge is -2.27. The van der Waals surface area contributed by atoms with Crippen molar-refractivity contribution < 1.29 is 23.9 Å². The van der Waals surface area contributed by atoms with Crippen molar-refractivity contribution in [1.82, 2.24) is 0 Å². The average Bonchev–Trinajstić information content (AvgIpc) is 3.42. The van der Waals surface area contributed by atoms with E-state index < -0.39 is 46.9 Å². The lowest BCUT2D eigenvalue weighted by atomic mass is 9.77. The molecule has 2 aliphatic heterocycles. The Labute approximate surface area is 217 Å². The van der Waals surface area contributed by atoms with Crippen molar-refractivity contribution in [3.8, 4) is 0 Å². The topological polar surface area (TPSA) is 80.8 Å². The number of imide groups is 1. The van der Waals surface area contributed by atoms with Crippen LogP contribution in [0.15, 0.2) is 71.2 Å². The van der Waals surface area contributed by atoms with Crippen molar-refractivity contribution >= 4 is 68.2 Å². The molecule has 1 spiro atoms. The molecule has 2 amide bonds. The van der Waals surface area contributed by atoms with Crippen molar-refractivity contribution in [3.63, 3.8) is 0 Å². The second-order valence-electron chi connectivity index (χ2n) is 8.62. The first kappa shape index (κ1) is 22.6. The van der Waals surface area contributed by atoms with E-state index in [9.17, 15) is 19.2 Å². The molecule has 9 heteroatoms. The molecule has 3 aliphatic rings. The van der Waals surface area contributed by atoms with Gasteiger partial charge in [-0.1, -0.05) is 81.6 Å². The fourth-order valence-corrected chi connectivity index (χ4v) is 6.02. The number of ether oxygens (including phenoxy) is 1. The van der Waals surface area contributed by atoms with E-state index in [1.165, 1.54) is 24.3 Å². The number of hydrogen-bond donors (Lipinski definition) is 0. The Morgan fingerprint density at radius 2 is 1.43 bits per heavy atom. The van der Waals surface area contributed by atoms with Crippen LogP contribution in [0.3, 0.4) is 0 Å². The van der Waals surface area contributed by atoms with Crippen molar-refractivity contribution in [2.45, 2.75) is 11.7 Å². The van der Waals surface area contributed by atoms with E-state index >= 15 is 0 Å². The van der Waals surface area contributed by atoms with Gasteiger partial charge >= 0.3 is 0 Å². The largest absolute Gasteiger partial charge is 0.349 e. The van der Waals surface area contributed by atoms with Gasteiger partial charge in [0.2, 0.25) is 29.0 Å². The molecule has 174 valence electrons. The van der Waals surface area contributed by atoms with Crippen LogP contribution in [0, 0.1) is 11.8 Å².